The molecule has 6 heteroatoms. The Morgan fingerprint density at radius 2 is 1.58 bits per heavy atom. The summed E-state index contributed by atoms with van der Waals surface area (Å²) in [6.07, 6.45) is -4.41. The van der Waals surface area contributed by atoms with Gasteiger partial charge in [0.1, 0.15) is 0 Å². The molecule has 2 N–H and O–H groups in total. The summed E-state index contributed by atoms with van der Waals surface area (Å²) in [7, 11) is 0. The Balaban J connectivity index is 2.49. The topological polar surface area (TPSA) is 26.0 Å². The second kappa shape index (κ2) is 4.94. The molecule has 0 aliphatic rings. The number of alkyl halides is 3. The van der Waals surface area contributed by atoms with Crippen molar-refractivity contribution < 1.29 is 13.2 Å². The molecule has 19 heavy (non-hydrogen) atoms. The highest BCUT2D eigenvalue weighted by atomic mass is 35.5. The summed E-state index contributed by atoms with van der Waals surface area (Å²) >= 11 is 11.6. The van der Waals surface area contributed by atoms with Crippen molar-refractivity contribution in [3.63, 3.8) is 0 Å². The Bertz CT molecular complexity index is 624. The minimum absolute atomic E-state index is 0.0354. The highest BCUT2D eigenvalue weighted by Gasteiger charge is 2.30. The number of nitrogens with two attached hydrogens (primary N) is 1. The van der Waals surface area contributed by atoms with Crippen molar-refractivity contribution in [2.75, 3.05) is 5.73 Å². The molecule has 0 spiro atoms. The van der Waals surface area contributed by atoms with E-state index in [2.05, 4.69) is 0 Å². The zero-order valence-electron chi connectivity index (χ0n) is 9.43. The highest BCUT2D eigenvalue weighted by molar-refractivity contribution is 6.42. The summed E-state index contributed by atoms with van der Waals surface area (Å²) in [5.74, 6) is 0. The molecule has 0 saturated carbocycles. The third-order valence-corrected chi connectivity index (χ3v) is 3.35. The van der Waals surface area contributed by atoms with Gasteiger partial charge in [-0.25, -0.2) is 0 Å². The van der Waals surface area contributed by atoms with Gasteiger partial charge in [-0.15, -0.1) is 0 Å². The van der Waals surface area contributed by atoms with Crippen LogP contribution in [0.3, 0.4) is 0 Å². The molecule has 0 radical (unpaired) electrons. The summed E-state index contributed by atoms with van der Waals surface area (Å²) in [6, 6.07) is 7.97. The first-order chi connectivity index (χ1) is 8.79. The standard InChI is InChI=1S/C13H8Cl2F3N/c14-10-4-1-7(5-11(10)15)9-3-2-8(6-12(9)19)13(16,17)18/h1-6H,19H2. The fraction of sp³-hybridized carbons (Fsp3) is 0.0769. The van der Waals surface area contributed by atoms with E-state index in [0.717, 1.165) is 12.1 Å². The molecule has 0 saturated heterocycles. The maximum atomic E-state index is 12.5. The maximum Gasteiger partial charge on any atom is 0.416 e. The molecule has 0 heterocycles. The number of anilines is 1. The number of hydrogen-bond donors (Lipinski definition) is 1. The van der Waals surface area contributed by atoms with Crippen LogP contribution in [0.5, 0.6) is 0 Å². The van der Waals surface area contributed by atoms with Gasteiger partial charge >= 0.3 is 6.18 Å². The van der Waals surface area contributed by atoms with E-state index in [1.165, 1.54) is 6.07 Å². The summed E-state index contributed by atoms with van der Waals surface area (Å²) < 4.78 is 37.6. The summed E-state index contributed by atoms with van der Waals surface area (Å²) in [6.45, 7) is 0. The van der Waals surface area contributed by atoms with E-state index < -0.39 is 11.7 Å². The highest BCUT2D eigenvalue weighted by Crippen LogP contribution is 2.36. The molecule has 0 bridgehead atoms. The zero-order chi connectivity index (χ0) is 14.2. The molecular weight excluding hydrogens is 298 g/mol. The van der Waals surface area contributed by atoms with Crippen molar-refractivity contribution in [1.82, 2.24) is 0 Å². The molecule has 0 aromatic heterocycles. The van der Waals surface area contributed by atoms with Crippen LogP contribution >= 0.6 is 23.2 Å². The predicted octanol–water partition coefficient (Wildman–Crippen LogP) is 5.26. The quantitative estimate of drug-likeness (QED) is 0.714. The van der Waals surface area contributed by atoms with Gasteiger partial charge in [0.05, 0.1) is 15.6 Å². The van der Waals surface area contributed by atoms with Crippen LogP contribution in [0, 0.1) is 0 Å². The predicted molar refractivity (Wildman–Crippen MR) is 71.3 cm³/mol. The minimum atomic E-state index is -4.41. The molecule has 100 valence electrons. The molecule has 0 aliphatic heterocycles. The van der Waals surface area contributed by atoms with Crippen molar-refractivity contribution in [1.29, 1.82) is 0 Å². The largest absolute Gasteiger partial charge is 0.416 e. The summed E-state index contributed by atoms with van der Waals surface area (Å²) in [5, 5.41) is 0.689. The van der Waals surface area contributed by atoms with Crippen LogP contribution in [-0.2, 0) is 6.18 Å². The van der Waals surface area contributed by atoms with E-state index in [1.807, 2.05) is 0 Å². The monoisotopic (exact) mass is 305 g/mol. The smallest absolute Gasteiger partial charge is 0.398 e. The normalized spacial score (nSPS) is 11.6. The van der Waals surface area contributed by atoms with Crippen molar-refractivity contribution in [2.45, 2.75) is 6.18 Å². The molecule has 2 aromatic carbocycles. The van der Waals surface area contributed by atoms with E-state index in [-0.39, 0.29) is 5.69 Å². The van der Waals surface area contributed by atoms with Crippen LogP contribution in [0.1, 0.15) is 5.56 Å². The summed E-state index contributed by atoms with van der Waals surface area (Å²) in [5.41, 5.74) is 6.00. The SMILES string of the molecule is Nc1cc(C(F)(F)F)ccc1-c1ccc(Cl)c(Cl)c1. The number of benzene rings is 2. The van der Waals surface area contributed by atoms with Gasteiger partial charge in [-0.1, -0.05) is 35.3 Å². The number of nitrogen functional groups attached to an aromatic ring is 1. The fourth-order valence-corrected chi connectivity index (χ4v) is 1.96. The van der Waals surface area contributed by atoms with Gasteiger partial charge in [-0.05, 0) is 29.8 Å². The third kappa shape index (κ3) is 2.96. The molecule has 1 nitrogen and oxygen atoms in total. The Labute approximate surface area is 117 Å². The Morgan fingerprint density at radius 1 is 0.895 bits per heavy atom. The van der Waals surface area contributed by atoms with Crippen molar-refractivity contribution in [2.24, 2.45) is 0 Å². The maximum absolute atomic E-state index is 12.5. The number of halogens is 5. The van der Waals surface area contributed by atoms with Gasteiger partial charge in [-0.3, -0.25) is 0 Å². The van der Waals surface area contributed by atoms with Crippen LogP contribution in [0.4, 0.5) is 18.9 Å². The molecule has 0 amide bonds. The molecular formula is C13H8Cl2F3N. The van der Waals surface area contributed by atoms with Gasteiger partial charge in [0.2, 0.25) is 0 Å². The van der Waals surface area contributed by atoms with E-state index in [4.69, 9.17) is 28.9 Å². The van der Waals surface area contributed by atoms with E-state index in [1.54, 1.807) is 18.2 Å². The summed E-state index contributed by atoms with van der Waals surface area (Å²) in [4.78, 5) is 0. The molecule has 0 aliphatic carbocycles. The van der Waals surface area contributed by atoms with E-state index >= 15 is 0 Å². The van der Waals surface area contributed by atoms with E-state index in [9.17, 15) is 13.2 Å². The molecule has 0 unspecified atom stereocenters. The van der Waals surface area contributed by atoms with Crippen LogP contribution in [0.15, 0.2) is 36.4 Å². The van der Waals surface area contributed by atoms with Gasteiger partial charge in [-0.2, -0.15) is 13.2 Å². The van der Waals surface area contributed by atoms with Crippen LogP contribution in [0.25, 0.3) is 11.1 Å². The van der Waals surface area contributed by atoms with Crippen molar-refractivity contribution in [3.05, 3.63) is 52.0 Å². The average Bonchev–Trinajstić information content (AvgIpc) is 2.31. The second-order valence-corrected chi connectivity index (χ2v) is 4.74. The Morgan fingerprint density at radius 3 is 2.11 bits per heavy atom. The average molecular weight is 306 g/mol. The Kier molecular flexibility index (Phi) is 3.65. The van der Waals surface area contributed by atoms with Crippen LogP contribution in [-0.4, -0.2) is 0 Å². The van der Waals surface area contributed by atoms with E-state index in [0.29, 0.717) is 21.2 Å². The van der Waals surface area contributed by atoms with Crippen molar-refractivity contribution >= 4 is 28.9 Å². The lowest BCUT2D eigenvalue weighted by Gasteiger charge is -2.11. The third-order valence-electron chi connectivity index (χ3n) is 2.61. The van der Waals surface area contributed by atoms with Gasteiger partial charge < -0.3 is 5.73 Å². The number of hydrogen-bond acceptors (Lipinski definition) is 1. The van der Waals surface area contributed by atoms with Gasteiger partial charge in [0.15, 0.2) is 0 Å². The Hall–Kier alpha value is -1.39. The van der Waals surface area contributed by atoms with Crippen LogP contribution < -0.4 is 5.73 Å². The first-order valence-electron chi connectivity index (χ1n) is 5.21. The second-order valence-electron chi connectivity index (χ2n) is 3.93. The fourth-order valence-electron chi connectivity index (χ4n) is 1.67. The number of rotatable bonds is 1. The van der Waals surface area contributed by atoms with Crippen LogP contribution in [0.2, 0.25) is 10.0 Å². The lowest BCUT2D eigenvalue weighted by atomic mass is 10.0. The lowest BCUT2D eigenvalue weighted by Crippen LogP contribution is -2.05. The molecule has 2 rings (SSSR count). The minimum Gasteiger partial charge on any atom is -0.398 e. The molecule has 0 fully saturated rings. The van der Waals surface area contributed by atoms with Crippen molar-refractivity contribution in [3.8, 4) is 11.1 Å². The first kappa shape index (κ1) is 14.0. The first-order valence-corrected chi connectivity index (χ1v) is 5.97. The molecule has 2 aromatic rings. The zero-order valence-corrected chi connectivity index (χ0v) is 10.9. The van der Waals surface area contributed by atoms with Gasteiger partial charge in [0, 0.05) is 11.3 Å². The van der Waals surface area contributed by atoms with Gasteiger partial charge in [0.25, 0.3) is 0 Å². The lowest BCUT2D eigenvalue weighted by molar-refractivity contribution is -0.137. The molecule has 0 atom stereocenters.